The van der Waals surface area contributed by atoms with Crippen molar-refractivity contribution in [2.75, 3.05) is 20.2 Å². The second kappa shape index (κ2) is 7.72. The third-order valence-electron chi connectivity index (χ3n) is 5.32. The van der Waals surface area contributed by atoms with Crippen LogP contribution in [0, 0.1) is 0 Å². The van der Waals surface area contributed by atoms with E-state index in [9.17, 15) is 9.59 Å². The van der Waals surface area contributed by atoms with E-state index in [1.807, 2.05) is 6.07 Å². The quantitative estimate of drug-likeness (QED) is 0.859. The van der Waals surface area contributed by atoms with Gasteiger partial charge in [0.1, 0.15) is 5.75 Å². The lowest BCUT2D eigenvalue weighted by molar-refractivity contribution is -0.144. The normalized spacial score (nSPS) is 18.3. The van der Waals surface area contributed by atoms with Crippen LogP contribution in [0.2, 0.25) is 0 Å². The third-order valence-corrected chi connectivity index (χ3v) is 5.32. The fraction of sp³-hybridized carbons (Fsp3) is 0.500. The van der Waals surface area contributed by atoms with Crippen LogP contribution in [0.5, 0.6) is 5.75 Å². The smallest absolute Gasteiger partial charge is 0.311 e. The van der Waals surface area contributed by atoms with Crippen molar-refractivity contribution >= 4 is 17.9 Å². The molecule has 5 heteroatoms. The Labute approximate surface area is 148 Å². The molecule has 2 N–H and O–H groups in total. The molecule has 0 aromatic heterocycles. The zero-order chi connectivity index (χ0) is 17.8. The van der Waals surface area contributed by atoms with Crippen LogP contribution in [0.25, 0.3) is 6.08 Å². The number of nitrogens with zero attached hydrogens (tertiary/aromatic N) is 1. The molecule has 2 aliphatic rings. The summed E-state index contributed by atoms with van der Waals surface area (Å²) < 4.78 is 5.52. The molecule has 2 fully saturated rings. The molecule has 0 atom stereocenters. The summed E-state index contributed by atoms with van der Waals surface area (Å²) in [6, 6.07) is 6.38. The van der Waals surface area contributed by atoms with E-state index in [-0.39, 0.29) is 0 Å². The number of hydrogen-bond donors (Lipinski definition) is 1. The van der Waals surface area contributed by atoms with Crippen LogP contribution in [-0.4, -0.2) is 36.9 Å². The third kappa shape index (κ3) is 4.03. The topological polar surface area (TPSA) is 72.6 Å². The zero-order valence-corrected chi connectivity index (χ0v) is 14.8. The zero-order valence-electron chi connectivity index (χ0n) is 14.8. The molecule has 25 heavy (non-hydrogen) atoms. The Kier molecular flexibility index (Phi) is 5.41. The summed E-state index contributed by atoms with van der Waals surface area (Å²) in [5.74, 6) is -0.138. The van der Waals surface area contributed by atoms with E-state index in [2.05, 4.69) is 18.2 Å². The number of nitrogens with two attached hydrogens (primary N) is 1. The molecule has 1 aliphatic heterocycles. The molecular formula is C20H26N2O3. The molecule has 5 nitrogen and oxygen atoms in total. The summed E-state index contributed by atoms with van der Waals surface area (Å²) in [5, 5.41) is 0. The van der Waals surface area contributed by atoms with E-state index in [4.69, 9.17) is 10.5 Å². The summed E-state index contributed by atoms with van der Waals surface area (Å²) in [6.07, 6.45) is 8.90. The summed E-state index contributed by atoms with van der Waals surface area (Å²) in [5.41, 5.74) is 9.01. The van der Waals surface area contributed by atoms with Gasteiger partial charge in [-0.05, 0) is 62.1 Å². The van der Waals surface area contributed by atoms with E-state index in [0.717, 1.165) is 24.2 Å². The summed E-state index contributed by atoms with van der Waals surface area (Å²) in [4.78, 5) is 24.3. The van der Waals surface area contributed by atoms with Crippen LogP contribution in [0.15, 0.2) is 23.8 Å². The first-order valence-electron chi connectivity index (χ1n) is 9.04. The predicted octanol–water partition coefficient (Wildman–Crippen LogP) is 2.84. The van der Waals surface area contributed by atoms with Gasteiger partial charge in [0.25, 0.3) is 0 Å². The van der Waals surface area contributed by atoms with E-state index in [0.29, 0.717) is 19.0 Å². The van der Waals surface area contributed by atoms with E-state index in [1.54, 1.807) is 12.0 Å². The van der Waals surface area contributed by atoms with Crippen molar-refractivity contribution in [1.29, 1.82) is 0 Å². The van der Waals surface area contributed by atoms with Gasteiger partial charge in [0.2, 0.25) is 0 Å². The van der Waals surface area contributed by atoms with Crippen molar-refractivity contribution in [2.45, 2.75) is 44.4 Å². The molecule has 1 saturated carbocycles. The van der Waals surface area contributed by atoms with Gasteiger partial charge in [-0.15, -0.1) is 0 Å². The van der Waals surface area contributed by atoms with Gasteiger partial charge in [-0.25, -0.2) is 0 Å². The average molecular weight is 342 g/mol. The number of ether oxygens (including phenoxy) is 1. The molecule has 0 unspecified atom stereocenters. The SMILES string of the molecule is COc1ccc(C2CCN(C(=O)C(N)=O)CC2)cc1C=C1CCCC1. The molecule has 1 aromatic carbocycles. The van der Waals surface area contributed by atoms with Gasteiger partial charge in [-0.3, -0.25) is 9.59 Å². The minimum absolute atomic E-state index is 0.392. The maximum absolute atomic E-state index is 11.7. The summed E-state index contributed by atoms with van der Waals surface area (Å²) in [7, 11) is 1.71. The van der Waals surface area contributed by atoms with Crippen molar-refractivity contribution in [3.63, 3.8) is 0 Å². The van der Waals surface area contributed by atoms with Gasteiger partial charge in [0.15, 0.2) is 0 Å². The minimum atomic E-state index is -0.867. The van der Waals surface area contributed by atoms with Crippen LogP contribution in [0.4, 0.5) is 0 Å². The fourth-order valence-electron chi connectivity index (χ4n) is 3.88. The van der Waals surface area contributed by atoms with Gasteiger partial charge >= 0.3 is 11.8 Å². The highest BCUT2D eigenvalue weighted by molar-refractivity contribution is 6.34. The van der Waals surface area contributed by atoms with Gasteiger partial charge in [0, 0.05) is 18.7 Å². The molecule has 2 amide bonds. The number of likely N-dealkylation sites (tertiary alicyclic amines) is 1. The molecule has 0 spiro atoms. The number of carbonyl (C=O) groups excluding carboxylic acids is 2. The fourth-order valence-corrected chi connectivity index (χ4v) is 3.88. The van der Waals surface area contributed by atoms with Crippen LogP contribution in [0.3, 0.4) is 0 Å². The van der Waals surface area contributed by atoms with Crippen LogP contribution >= 0.6 is 0 Å². The van der Waals surface area contributed by atoms with Crippen molar-refractivity contribution in [1.82, 2.24) is 4.90 Å². The van der Waals surface area contributed by atoms with Crippen molar-refractivity contribution < 1.29 is 14.3 Å². The van der Waals surface area contributed by atoms with Crippen molar-refractivity contribution in [2.24, 2.45) is 5.73 Å². The molecule has 0 bridgehead atoms. The van der Waals surface area contributed by atoms with Crippen LogP contribution in [-0.2, 0) is 9.59 Å². The number of carbonyl (C=O) groups is 2. The Morgan fingerprint density at radius 2 is 1.88 bits per heavy atom. The number of benzene rings is 1. The first kappa shape index (κ1) is 17.5. The molecule has 134 valence electrons. The van der Waals surface area contributed by atoms with Crippen molar-refractivity contribution in [3.8, 4) is 5.75 Å². The number of allylic oxidation sites excluding steroid dienone is 1. The van der Waals surface area contributed by atoms with E-state index < -0.39 is 11.8 Å². The second-order valence-corrected chi connectivity index (χ2v) is 6.94. The second-order valence-electron chi connectivity index (χ2n) is 6.94. The number of piperidine rings is 1. The summed E-state index contributed by atoms with van der Waals surface area (Å²) >= 11 is 0. The first-order chi connectivity index (χ1) is 12.1. The first-order valence-corrected chi connectivity index (χ1v) is 9.04. The Balaban J connectivity index is 1.74. The lowest BCUT2D eigenvalue weighted by Crippen LogP contribution is -2.44. The maximum atomic E-state index is 11.7. The van der Waals surface area contributed by atoms with E-state index in [1.165, 1.54) is 36.8 Å². The Bertz CT molecular complexity index is 680. The molecular weight excluding hydrogens is 316 g/mol. The predicted molar refractivity (Wildman–Crippen MR) is 97.2 cm³/mol. The molecule has 1 aromatic rings. The maximum Gasteiger partial charge on any atom is 0.311 e. The Hall–Kier alpha value is -2.30. The van der Waals surface area contributed by atoms with Gasteiger partial charge in [-0.1, -0.05) is 17.7 Å². The molecule has 1 heterocycles. The van der Waals surface area contributed by atoms with Crippen molar-refractivity contribution in [3.05, 3.63) is 34.9 Å². The highest BCUT2D eigenvalue weighted by atomic mass is 16.5. The highest BCUT2D eigenvalue weighted by Gasteiger charge is 2.26. The molecule has 0 radical (unpaired) electrons. The monoisotopic (exact) mass is 342 g/mol. The Morgan fingerprint density at radius 1 is 1.20 bits per heavy atom. The lowest BCUT2D eigenvalue weighted by atomic mass is 9.88. The van der Waals surface area contributed by atoms with Gasteiger partial charge in [-0.2, -0.15) is 0 Å². The highest BCUT2D eigenvalue weighted by Crippen LogP contribution is 2.34. The minimum Gasteiger partial charge on any atom is -0.496 e. The van der Waals surface area contributed by atoms with Gasteiger partial charge in [0.05, 0.1) is 7.11 Å². The number of methoxy groups -OCH3 is 1. The standard InChI is InChI=1S/C20H26N2O3/c1-25-18-7-6-16(13-17(18)12-14-4-2-3-5-14)15-8-10-22(11-9-15)20(24)19(21)23/h6-7,12-13,15H,2-5,8-11H2,1H3,(H2,21,23). The number of rotatable bonds is 3. The molecule has 1 aliphatic carbocycles. The average Bonchev–Trinajstić information content (AvgIpc) is 3.14. The molecule has 3 rings (SSSR count). The number of hydrogen-bond acceptors (Lipinski definition) is 3. The summed E-state index contributed by atoms with van der Waals surface area (Å²) in [6.45, 7) is 1.16. The van der Waals surface area contributed by atoms with E-state index >= 15 is 0 Å². The number of amides is 2. The van der Waals surface area contributed by atoms with Gasteiger partial charge < -0.3 is 15.4 Å². The van der Waals surface area contributed by atoms with Crippen LogP contribution in [0.1, 0.15) is 55.6 Å². The van der Waals surface area contributed by atoms with Crippen LogP contribution < -0.4 is 10.5 Å². The largest absolute Gasteiger partial charge is 0.496 e. The lowest BCUT2D eigenvalue weighted by Gasteiger charge is -2.31. The number of primary amides is 1. The Morgan fingerprint density at radius 3 is 2.48 bits per heavy atom. The molecule has 1 saturated heterocycles.